The van der Waals surface area contributed by atoms with Crippen LogP contribution in [0.5, 0.6) is 0 Å². The van der Waals surface area contributed by atoms with Crippen LogP contribution in [0.3, 0.4) is 0 Å². The fourth-order valence-corrected chi connectivity index (χ4v) is 1.57. The summed E-state index contributed by atoms with van der Waals surface area (Å²) in [6.07, 6.45) is 0. The van der Waals surface area contributed by atoms with E-state index in [0.717, 1.165) is 10.2 Å². The van der Waals surface area contributed by atoms with Gasteiger partial charge in [0.1, 0.15) is 0 Å². The maximum Gasteiger partial charge on any atom is 0.341 e. The van der Waals surface area contributed by atoms with E-state index in [4.69, 9.17) is 0 Å². The Bertz CT molecular complexity index is 325. The molecule has 1 rings (SSSR count). The fourth-order valence-electron chi connectivity index (χ4n) is 1.04. The van der Waals surface area contributed by atoms with Crippen molar-refractivity contribution >= 4 is 27.6 Å². The summed E-state index contributed by atoms with van der Waals surface area (Å²) in [5.41, 5.74) is 1.27. The van der Waals surface area contributed by atoms with E-state index in [2.05, 4.69) is 26.0 Å². The van der Waals surface area contributed by atoms with E-state index in [1.54, 1.807) is 13.1 Å². The summed E-state index contributed by atoms with van der Waals surface area (Å²) in [4.78, 5) is 11.3. The van der Waals surface area contributed by atoms with Gasteiger partial charge in [0.05, 0.1) is 12.7 Å². The Kier molecular flexibility index (Phi) is 3.31. The highest BCUT2D eigenvalue weighted by atomic mass is 79.9. The molecule has 1 aromatic carbocycles. The van der Waals surface area contributed by atoms with Crippen molar-refractivity contribution in [3.05, 3.63) is 28.2 Å². The smallest absolute Gasteiger partial charge is 0.341 e. The molecular formula is C9H10BrNO2. The highest BCUT2D eigenvalue weighted by Crippen LogP contribution is 2.24. The average Bonchev–Trinajstić information content (AvgIpc) is 2.16. The number of hydrogen-bond acceptors (Lipinski definition) is 3. The molecular weight excluding hydrogens is 234 g/mol. The summed E-state index contributed by atoms with van der Waals surface area (Å²) in [5.74, 6) is -0.350. The molecule has 0 amide bonds. The predicted molar refractivity (Wildman–Crippen MR) is 55.0 cm³/mol. The van der Waals surface area contributed by atoms with Crippen molar-refractivity contribution in [3.63, 3.8) is 0 Å². The first-order valence-electron chi connectivity index (χ1n) is 3.75. The van der Waals surface area contributed by atoms with Gasteiger partial charge in [-0.1, -0.05) is 6.07 Å². The Labute approximate surface area is 85.2 Å². The largest absolute Gasteiger partial charge is 0.465 e. The van der Waals surface area contributed by atoms with E-state index in [1.165, 1.54) is 7.11 Å². The van der Waals surface area contributed by atoms with Crippen molar-refractivity contribution in [1.82, 2.24) is 0 Å². The highest BCUT2D eigenvalue weighted by molar-refractivity contribution is 9.10. The minimum atomic E-state index is -0.350. The van der Waals surface area contributed by atoms with E-state index >= 15 is 0 Å². The zero-order valence-electron chi connectivity index (χ0n) is 7.43. The summed E-state index contributed by atoms with van der Waals surface area (Å²) in [6, 6.07) is 5.46. The number of ether oxygens (including phenoxy) is 1. The number of esters is 1. The van der Waals surface area contributed by atoms with Gasteiger partial charge in [0.2, 0.25) is 0 Å². The van der Waals surface area contributed by atoms with Gasteiger partial charge in [-0.05, 0) is 28.1 Å². The first-order chi connectivity index (χ1) is 6.20. The van der Waals surface area contributed by atoms with Crippen molar-refractivity contribution in [2.75, 3.05) is 19.5 Å². The molecule has 0 unspecified atom stereocenters. The maximum atomic E-state index is 11.3. The van der Waals surface area contributed by atoms with E-state index in [0.29, 0.717) is 5.56 Å². The van der Waals surface area contributed by atoms with Crippen LogP contribution in [0, 0.1) is 0 Å². The Balaban J connectivity index is 3.22. The second kappa shape index (κ2) is 4.28. The second-order valence-corrected chi connectivity index (χ2v) is 3.26. The highest BCUT2D eigenvalue weighted by Gasteiger charge is 2.14. The molecule has 0 atom stereocenters. The summed E-state index contributed by atoms with van der Waals surface area (Å²) >= 11 is 3.29. The van der Waals surface area contributed by atoms with Crippen LogP contribution in [0.2, 0.25) is 0 Å². The van der Waals surface area contributed by atoms with Gasteiger partial charge < -0.3 is 10.1 Å². The minimum Gasteiger partial charge on any atom is -0.465 e. The van der Waals surface area contributed by atoms with Crippen LogP contribution in [0.15, 0.2) is 22.7 Å². The van der Waals surface area contributed by atoms with Crippen molar-refractivity contribution in [2.45, 2.75) is 0 Å². The number of carbonyl (C=O) groups excluding carboxylic acids is 1. The molecule has 1 N–H and O–H groups in total. The van der Waals surface area contributed by atoms with Gasteiger partial charge in [-0.15, -0.1) is 0 Å². The number of anilines is 1. The molecule has 0 aliphatic heterocycles. The molecule has 0 saturated carbocycles. The third-order valence-corrected chi connectivity index (χ3v) is 2.33. The number of benzene rings is 1. The lowest BCUT2D eigenvalue weighted by atomic mass is 10.2. The molecule has 3 nitrogen and oxygen atoms in total. The molecule has 0 aromatic heterocycles. The molecule has 4 heteroatoms. The Morgan fingerprint density at radius 3 is 2.77 bits per heavy atom. The van der Waals surface area contributed by atoms with Crippen LogP contribution in [-0.2, 0) is 4.74 Å². The van der Waals surface area contributed by atoms with Crippen molar-refractivity contribution in [1.29, 1.82) is 0 Å². The van der Waals surface area contributed by atoms with Gasteiger partial charge in [0.15, 0.2) is 0 Å². The maximum absolute atomic E-state index is 11.3. The summed E-state index contributed by atoms with van der Waals surface area (Å²) in [5, 5.41) is 2.92. The van der Waals surface area contributed by atoms with Crippen molar-refractivity contribution in [3.8, 4) is 0 Å². The molecule has 0 radical (unpaired) electrons. The quantitative estimate of drug-likeness (QED) is 0.811. The van der Waals surface area contributed by atoms with Gasteiger partial charge in [0, 0.05) is 17.2 Å². The number of carbonyl (C=O) groups is 1. The summed E-state index contributed by atoms with van der Waals surface area (Å²) in [7, 11) is 3.12. The topological polar surface area (TPSA) is 38.3 Å². The Hall–Kier alpha value is -1.03. The third-order valence-electron chi connectivity index (χ3n) is 1.67. The minimum absolute atomic E-state index is 0.350. The van der Waals surface area contributed by atoms with Gasteiger partial charge in [-0.25, -0.2) is 4.79 Å². The number of halogens is 1. The molecule has 0 saturated heterocycles. The molecule has 0 fully saturated rings. The number of methoxy groups -OCH3 is 1. The van der Waals surface area contributed by atoms with Crippen molar-refractivity contribution in [2.24, 2.45) is 0 Å². The Morgan fingerprint density at radius 2 is 2.23 bits per heavy atom. The van der Waals surface area contributed by atoms with E-state index in [1.807, 2.05) is 12.1 Å². The Morgan fingerprint density at radius 1 is 1.54 bits per heavy atom. The summed E-state index contributed by atoms with van der Waals surface area (Å²) < 4.78 is 5.38. The summed E-state index contributed by atoms with van der Waals surface area (Å²) in [6.45, 7) is 0. The number of rotatable bonds is 2. The van der Waals surface area contributed by atoms with Crippen LogP contribution < -0.4 is 5.32 Å². The molecule has 0 heterocycles. The zero-order valence-corrected chi connectivity index (χ0v) is 9.01. The number of hydrogen-bond donors (Lipinski definition) is 1. The normalized spacial score (nSPS) is 9.46. The van der Waals surface area contributed by atoms with Gasteiger partial charge >= 0.3 is 5.97 Å². The lowest BCUT2D eigenvalue weighted by Gasteiger charge is -2.08. The molecule has 0 spiro atoms. The monoisotopic (exact) mass is 243 g/mol. The standard InChI is InChI=1S/C9H10BrNO2/c1-11-7-5-3-4-6(10)8(7)9(12)13-2/h3-5,11H,1-2H3. The lowest BCUT2D eigenvalue weighted by molar-refractivity contribution is 0.0601. The van der Waals surface area contributed by atoms with Crippen LogP contribution in [0.1, 0.15) is 10.4 Å². The van der Waals surface area contributed by atoms with Crippen LogP contribution in [0.4, 0.5) is 5.69 Å². The molecule has 70 valence electrons. The molecule has 0 aliphatic carbocycles. The van der Waals surface area contributed by atoms with Crippen LogP contribution in [0.25, 0.3) is 0 Å². The van der Waals surface area contributed by atoms with Gasteiger partial charge in [-0.3, -0.25) is 0 Å². The van der Waals surface area contributed by atoms with E-state index in [-0.39, 0.29) is 5.97 Å². The fraction of sp³-hybridized carbons (Fsp3) is 0.222. The van der Waals surface area contributed by atoms with Crippen LogP contribution in [-0.4, -0.2) is 20.1 Å². The van der Waals surface area contributed by atoms with Gasteiger partial charge in [-0.2, -0.15) is 0 Å². The molecule has 13 heavy (non-hydrogen) atoms. The molecule has 0 bridgehead atoms. The predicted octanol–water partition coefficient (Wildman–Crippen LogP) is 2.28. The zero-order chi connectivity index (χ0) is 9.84. The van der Waals surface area contributed by atoms with Crippen molar-refractivity contribution < 1.29 is 9.53 Å². The average molecular weight is 244 g/mol. The van der Waals surface area contributed by atoms with Gasteiger partial charge in [0.25, 0.3) is 0 Å². The van der Waals surface area contributed by atoms with E-state index in [9.17, 15) is 4.79 Å². The first kappa shape index (κ1) is 10.1. The third kappa shape index (κ3) is 2.01. The number of nitrogens with one attached hydrogen (secondary N) is 1. The van der Waals surface area contributed by atoms with Crippen LogP contribution >= 0.6 is 15.9 Å². The molecule has 0 aliphatic rings. The van der Waals surface area contributed by atoms with E-state index < -0.39 is 0 Å². The first-order valence-corrected chi connectivity index (χ1v) is 4.54. The SMILES string of the molecule is CNc1cccc(Br)c1C(=O)OC. The second-order valence-electron chi connectivity index (χ2n) is 2.40. The lowest BCUT2D eigenvalue weighted by Crippen LogP contribution is -2.06. The molecule has 1 aromatic rings.